The van der Waals surface area contributed by atoms with E-state index in [1.807, 2.05) is 6.92 Å². The van der Waals surface area contributed by atoms with E-state index in [9.17, 15) is 44.4 Å². The molecule has 0 unspecified atom stereocenters. The highest BCUT2D eigenvalue weighted by Crippen LogP contribution is 2.73. The van der Waals surface area contributed by atoms with E-state index >= 15 is 0 Å². The number of fused-ring (bicyclic) bond motifs is 3. The molecule has 3 aliphatic rings. The van der Waals surface area contributed by atoms with Crippen LogP contribution in [-0.2, 0) is 28.7 Å². The Morgan fingerprint density at radius 2 is 1.62 bits per heavy atom. The van der Waals surface area contributed by atoms with E-state index in [4.69, 9.17) is 4.74 Å². The summed E-state index contributed by atoms with van der Waals surface area (Å²) < 4.78 is 5.20. The Morgan fingerprint density at radius 1 is 1.05 bits per heavy atom. The molecule has 0 radical (unpaired) electrons. The van der Waals surface area contributed by atoms with Crippen LogP contribution in [0.15, 0.2) is 23.8 Å². The maximum absolute atomic E-state index is 14.3. The van der Waals surface area contributed by atoms with E-state index in [1.165, 1.54) is 33.8 Å². The Bertz CT molecular complexity index is 1260. The third-order valence-electron chi connectivity index (χ3n) is 11.1. The van der Waals surface area contributed by atoms with Gasteiger partial charge >= 0.3 is 17.9 Å². The molecule has 0 heterocycles. The van der Waals surface area contributed by atoms with E-state index in [0.29, 0.717) is 5.57 Å². The zero-order valence-corrected chi connectivity index (χ0v) is 26.1. The number of ketones is 2. The van der Waals surface area contributed by atoms with Crippen LogP contribution in [0.2, 0.25) is 0 Å². The standard InChI is InChI=1S/C32H46O10/c1-17(33)42-27(2,3)13-12-22(35)32(9,41)25-20(34)15-29(6)21-11-10-18(28(4,5)26(39)40)19(14-24(37)38)31(21,8)23(36)16-30(25,29)7/h10,12-13,19-21,25,34,41H,11,14-16H2,1-9H3,(H,37,38)(H,39,40)/b13-12+/t19-,20+,21-,25+,29+,30-,31-,32-/m0/s1. The minimum atomic E-state index is -2.09. The minimum absolute atomic E-state index is 0.138. The van der Waals surface area contributed by atoms with E-state index < -0.39 is 86.8 Å². The summed E-state index contributed by atoms with van der Waals surface area (Å²) >= 11 is 0. The van der Waals surface area contributed by atoms with Crippen LogP contribution in [0.5, 0.6) is 0 Å². The normalized spacial score (nSPS) is 36.5. The number of carboxylic acid groups (broad SMARTS) is 2. The Hall–Kier alpha value is -2.85. The third kappa shape index (κ3) is 5.04. The van der Waals surface area contributed by atoms with Crippen molar-refractivity contribution in [2.24, 2.45) is 39.4 Å². The molecule has 0 bridgehead atoms. The van der Waals surface area contributed by atoms with Gasteiger partial charge in [0.05, 0.1) is 17.9 Å². The number of ether oxygens (including phenoxy) is 1. The summed E-state index contributed by atoms with van der Waals surface area (Å²) in [7, 11) is 0. The Labute approximate surface area is 247 Å². The second kappa shape index (κ2) is 10.4. The number of aliphatic hydroxyl groups excluding tert-OH is 1. The van der Waals surface area contributed by atoms with Crippen molar-refractivity contribution in [1.29, 1.82) is 0 Å². The first-order valence-corrected chi connectivity index (χ1v) is 14.4. The lowest BCUT2D eigenvalue weighted by atomic mass is 9.39. The van der Waals surface area contributed by atoms with Crippen molar-refractivity contribution in [1.82, 2.24) is 0 Å². The lowest BCUT2D eigenvalue weighted by molar-refractivity contribution is -0.182. The highest BCUT2D eigenvalue weighted by atomic mass is 16.6. The number of hydrogen-bond donors (Lipinski definition) is 4. The second-order valence-electron chi connectivity index (χ2n) is 14.5. The van der Waals surface area contributed by atoms with Crippen LogP contribution in [0.25, 0.3) is 0 Å². The molecule has 10 nitrogen and oxygen atoms in total. The summed E-state index contributed by atoms with van der Waals surface area (Å²) in [5.41, 5.74) is -7.36. The van der Waals surface area contributed by atoms with Gasteiger partial charge in [-0.05, 0) is 76.4 Å². The number of hydrogen-bond acceptors (Lipinski definition) is 8. The number of carbonyl (C=O) groups is 5. The van der Waals surface area contributed by atoms with E-state index in [1.54, 1.807) is 33.8 Å². The zero-order valence-electron chi connectivity index (χ0n) is 26.1. The molecule has 0 amide bonds. The molecule has 4 N–H and O–H groups in total. The predicted octanol–water partition coefficient (Wildman–Crippen LogP) is 3.72. The molecule has 0 aliphatic heterocycles. The van der Waals surface area contributed by atoms with E-state index in [-0.39, 0.29) is 25.0 Å². The molecule has 8 atom stereocenters. The highest BCUT2D eigenvalue weighted by molar-refractivity contribution is 5.97. The quantitative estimate of drug-likeness (QED) is 0.176. The number of aliphatic hydroxyl groups is 2. The van der Waals surface area contributed by atoms with Crippen LogP contribution in [0.3, 0.4) is 0 Å². The van der Waals surface area contributed by atoms with Gasteiger partial charge in [-0.25, -0.2) is 0 Å². The number of allylic oxidation sites excluding steroid dienone is 1. The first kappa shape index (κ1) is 33.6. The molecule has 3 aliphatic carbocycles. The molecule has 0 aromatic rings. The van der Waals surface area contributed by atoms with Gasteiger partial charge in [-0.1, -0.05) is 32.4 Å². The molecule has 42 heavy (non-hydrogen) atoms. The Kier molecular flexibility index (Phi) is 8.33. The summed E-state index contributed by atoms with van der Waals surface area (Å²) in [4.78, 5) is 63.5. The molecule has 2 fully saturated rings. The van der Waals surface area contributed by atoms with Gasteiger partial charge in [0.2, 0.25) is 0 Å². The molecule has 2 saturated carbocycles. The molecule has 0 aromatic heterocycles. The third-order valence-corrected chi connectivity index (χ3v) is 11.1. The number of carbonyl (C=O) groups excluding carboxylic acids is 3. The van der Waals surface area contributed by atoms with Gasteiger partial charge in [0.15, 0.2) is 5.78 Å². The lowest BCUT2D eigenvalue weighted by Gasteiger charge is -2.63. The fourth-order valence-corrected chi connectivity index (χ4v) is 8.76. The average molecular weight is 591 g/mol. The lowest BCUT2D eigenvalue weighted by Crippen LogP contribution is -2.64. The summed E-state index contributed by atoms with van der Waals surface area (Å²) in [6.07, 6.45) is 2.95. The number of esters is 1. The molecule has 3 rings (SSSR count). The summed E-state index contributed by atoms with van der Waals surface area (Å²) in [6.45, 7) is 14.2. The summed E-state index contributed by atoms with van der Waals surface area (Å²) in [5.74, 6) is -6.23. The van der Waals surface area contributed by atoms with Gasteiger partial charge in [-0.15, -0.1) is 0 Å². The van der Waals surface area contributed by atoms with Gasteiger partial charge in [0, 0.05) is 30.6 Å². The molecule has 0 aromatic carbocycles. The largest absolute Gasteiger partial charge is 0.481 e. The zero-order chi connectivity index (χ0) is 32.4. The van der Waals surface area contributed by atoms with Crippen molar-refractivity contribution in [3.05, 3.63) is 23.8 Å². The van der Waals surface area contributed by atoms with Crippen LogP contribution in [0.4, 0.5) is 0 Å². The van der Waals surface area contributed by atoms with Crippen molar-refractivity contribution in [2.75, 3.05) is 0 Å². The van der Waals surface area contributed by atoms with Crippen molar-refractivity contribution >= 4 is 29.5 Å². The van der Waals surface area contributed by atoms with Crippen molar-refractivity contribution < 1.29 is 49.1 Å². The topological polar surface area (TPSA) is 176 Å². The van der Waals surface area contributed by atoms with E-state index in [0.717, 1.165) is 6.08 Å². The summed E-state index contributed by atoms with van der Waals surface area (Å²) in [5, 5.41) is 43.1. The summed E-state index contributed by atoms with van der Waals surface area (Å²) in [6, 6.07) is 0. The van der Waals surface area contributed by atoms with E-state index in [2.05, 4.69) is 0 Å². The van der Waals surface area contributed by atoms with Crippen LogP contribution in [0, 0.1) is 39.4 Å². The van der Waals surface area contributed by atoms with Gasteiger partial charge in [-0.2, -0.15) is 0 Å². The molecule has 0 spiro atoms. The average Bonchev–Trinajstić information content (AvgIpc) is 3.02. The van der Waals surface area contributed by atoms with Gasteiger partial charge < -0.3 is 25.2 Å². The van der Waals surface area contributed by atoms with Gasteiger partial charge in [-0.3, -0.25) is 24.0 Å². The van der Waals surface area contributed by atoms with Crippen molar-refractivity contribution in [3.8, 4) is 0 Å². The number of aliphatic carboxylic acids is 2. The SMILES string of the molecule is CC(=O)OC(C)(C)/C=C/C(=O)[C@](C)(O)[C@@H]1[C@H](O)C[C@]2(C)[C@@H]3CC=C(C(C)(C)C(=O)O)[C@H](CC(=O)O)[C@]3(C)C(=O)C[C@@]12C. The maximum atomic E-state index is 14.3. The minimum Gasteiger partial charge on any atom is -0.481 e. The van der Waals surface area contributed by atoms with Crippen LogP contribution < -0.4 is 0 Å². The first-order chi connectivity index (χ1) is 18.9. The number of rotatable bonds is 9. The molecule has 234 valence electrons. The second-order valence-corrected chi connectivity index (χ2v) is 14.5. The predicted molar refractivity (Wildman–Crippen MR) is 152 cm³/mol. The van der Waals surface area contributed by atoms with Gasteiger partial charge in [0.25, 0.3) is 0 Å². The van der Waals surface area contributed by atoms with Gasteiger partial charge in [0.1, 0.15) is 17.0 Å². The Morgan fingerprint density at radius 3 is 2.12 bits per heavy atom. The smallest absolute Gasteiger partial charge is 0.313 e. The molecular weight excluding hydrogens is 544 g/mol. The Balaban J connectivity index is 2.12. The van der Waals surface area contributed by atoms with Crippen molar-refractivity contribution in [3.63, 3.8) is 0 Å². The fourth-order valence-electron chi connectivity index (χ4n) is 8.76. The number of Topliss-reactive ketones (excluding diaryl/α,β-unsaturated/α-hetero) is 1. The van der Waals surface area contributed by atoms with Crippen LogP contribution in [-0.4, -0.2) is 67.2 Å². The highest BCUT2D eigenvalue weighted by Gasteiger charge is 2.74. The molecule has 10 heteroatoms. The number of carboxylic acids is 2. The van der Waals surface area contributed by atoms with Crippen LogP contribution >= 0.6 is 0 Å². The first-order valence-electron chi connectivity index (χ1n) is 14.4. The maximum Gasteiger partial charge on any atom is 0.313 e. The molecule has 0 saturated heterocycles. The van der Waals surface area contributed by atoms with Crippen LogP contribution in [0.1, 0.15) is 88.0 Å². The fraction of sp³-hybridized carbons (Fsp3) is 0.719. The monoisotopic (exact) mass is 590 g/mol. The van der Waals surface area contributed by atoms with Crippen molar-refractivity contribution in [2.45, 2.75) is 105 Å². The molecular formula is C32H46O10.